The van der Waals surface area contributed by atoms with Crippen molar-refractivity contribution in [2.24, 2.45) is 0 Å². The van der Waals surface area contributed by atoms with Gasteiger partial charge in [-0.25, -0.2) is 0 Å². The van der Waals surface area contributed by atoms with Gasteiger partial charge >= 0.3 is 0 Å². The minimum Gasteiger partial charge on any atom is -0.496 e. The van der Waals surface area contributed by atoms with Crippen molar-refractivity contribution < 1.29 is 19.3 Å². The zero-order valence-corrected chi connectivity index (χ0v) is 14.7. The predicted molar refractivity (Wildman–Crippen MR) is 95.5 cm³/mol. The molecule has 0 aliphatic carbocycles. The Kier molecular flexibility index (Phi) is 3.73. The molecule has 0 fully saturated rings. The van der Waals surface area contributed by atoms with Crippen LogP contribution >= 0.6 is 0 Å². The van der Waals surface area contributed by atoms with E-state index in [0.717, 1.165) is 22.3 Å². The zero-order valence-electron chi connectivity index (χ0n) is 14.7. The second-order valence-corrected chi connectivity index (χ2v) is 6.98. The lowest BCUT2D eigenvalue weighted by Crippen LogP contribution is -2.26. The van der Waals surface area contributed by atoms with Crippen LogP contribution in [0.25, 0.3) is 6.08 Å². The summed E-state index contributed by atoms with van der Waals surface area (Å²) in [5.74, 6) is 1.33. The highest BCUT2D eigenvalue weighted by molar-refractivity contribution is 5.70. The van der Waals surface area contributed by atoms with Crippen molar-refractivity contribution in [3.8, 4) is 11.5 Å². The van der Waals surface area contributed by atoms with Crippen LogP contribution in [0.2, 0.25) is 0 Å². The van der Waals surface area contributed by atoms with E-state index >= 15 is 0 Å². The number of methoxy groups -OCH3 is 1. The van der Waals surface area contributed by atoms with Crippen LogP contribution in [0, 0.1) is 0 Å². The minimum atomic E-state index is -0.645. The van der Waals surface area contributed by atoms with Crippen molar-refractivity contribution in [3.63, 3.8) is 0 Å². The molecule has 0 aromatic heterocycles. The Morgan fingerprint density at radius 2 is 1.96 bits per heavy atom. The topological polar surface area (TPSA) is 47.9 Å². The van der Waals surface area contributed by atoms with Gasteiger partial charge in [-0.15, -0.1) is 0 Å². The van der Waals surface area contributed by atoms with E-state index in [2.05, 4.69) is 0 Å². The molecular formula is C21H22O4. The van der Waals surface area contributed by atoms with Gasteiger partial charge in [0.1, 0.15) is 23.2 Å². The highest BCUT2D eigenvalue weighted by Crippen LogP contribution is 2.51. The molecule has 0 spiro atoms. The molecule has 4 nitrogen and oxygen atoms in total. The number of rotatable bonds is 2. The summed E-state index contributed by atoms with van der Waals surface area (Å²) < 4.78 is 17.7. The Morgan fingerprint density at radius 3 is 2.68 bits per heavy atom. The van der Waals surface area contributed by atoms with Crippen LogP contribution in [0.4, 0.5) is 0 Å². The maximum atomic E-state index is 10.8. The first-order valence-corrected chi connectivity index (χ1v) is 8.50. The smallest absolute Gasteiger partial charge is 0.137 e. The fraction of sp³-hybridized carbons (Fsp3) is 0.333. The van der Waals surface area contributed by atoms with E-state index in [0.29, 0.717) is 17.9 Å². The Bertz CT molecular complexity index is 824. The Balaban J connectivity index is 1.89. The fourth-order valence-electron chi connectivity index (χ4n) is 3.66. The van der Waals surface area contributed by atoms with Gasteiger partial charge in [-0.05, 0) is 31.6 Å². The van der Waals surface area contributed by atoms with Crippen molar-refractivity contribution in [2.45, 2.75) is 38.1 Å². The number of benzene rings is 2. The standard InChI is InChI=1S/C21H22O4/c1-21(2)15-11-18(23-3)19-16(22)12-17(13-7-5-4-6-8-13)25-20(19)14(15)9-10-24-21/h4-11,16-17,22H,12H2,1-3H3/t16-,17-/m0/s1. The summed E-state index contributed by atoms with van der Waals surface area (Å²) in [6.07, 6.45) is 3.25. The summed E-state index contributed by atoms with van der Waals surface area (Å²) in [5.41, 5.74) is 3.23. The van der Waals surface area contributed by atoms with Crippen LogP contribution in [-0.2, 0) is 10.3 Å². The van der Waals surface area contributed by atoms with Crippen molar-refractivity contribution >= 4 is 6.08 Å². The van der Waals surface area contributed by atoms with E-state index in [1.807, 2.05) is 56.3 Å². The van der Waals surface area contributed by atoms with Gasteiger partial charge < -0.3 is 19.3 Å². The van der Waals surface area contributed by atoms with E-state index in [1.54, 1.807) is 13.4 Å². The largest absolute Gasteiger partial charge is 0.496 e. The quantitative estimate of drug-likeness (QED) is 0.876. The number of aliphatic hydroxyl groups is 1. The van der Waals surface area contributed by atoms with E-state index < -0.39 is 11.7 Å². The molecule has 0 amide bonds. The molecule has 2 aliphatic heterocycles. The van der Waals surface area contributed by atoms with Crippen LogP contribution in [0.1, 0.15) is 54.7 Å². The third kappa shape index (κ3) is 2.57. The summed E-state index contributed by atoms with van der Waals surface area (Å²) in [5, 5.41) is 10.8. The molecule has 4 heteroatoms. The molecule has 2 heterocycles. The van der Waals surface area contributed by atoms with Crippen molar-refractivity contribution in [2.75, 3.05) is 7.11 Å². The Morgan fingerprint density at radius 1 is 1.20 bits per heavy atom. The van der Waals surface area contributed by atoms with Crippen LogP contribution in [0.15, 0.2) is 42.7 Å². The summed E-state index contributed by atoms with van der Waals surface area (Å²) in [6.45, 7) is 4.02. The second kappa shape index (κ2) is 5.81. The zero-order chi connectivity index (χ0) is 17.6. The molecule has 0 saturated heterocycles. The number of hydrogen-bond donors (Lipinski definition) is 1. The van der Waals surface area contributed by atoms with E-state index in [1.165, 1.54) is 0 Å². The van der Waals surface area contributed by atoms with Gasteiger partial charge in [0, 0.05) is 17.5 Å². The summed E-state index contributed by atoms with van der Waals surface area (Å²) in [6, 6.07) is 11.9. The number of ether oxygens (including phenoxy) is 3. The maximum absolute atomic E-state index is 10.8. The number of fused-ring (bicyclic) bond motifs is 3. The average Bonchev–Trinajstić information content (AvgIpc) is 2.61. The molecule has 1 N–H and O–H groups in total. The first-order valence-electron chi connectivity index (χ1n) is 8.50. The molecule has 0 unspecified atom stereocenters. The molecule has 2 atom stereocenters. The fourth-order valence-corrected chi connectivity index (χ4v) is 3.66. The van der Waals surface area contributed by atoms with E-state index in [-0.39, 0.29) is 6.10 Å². The molecule has 2 aromatic carbocycles. The van der Waals surface area contributed by atoms with Gasteiger partial charge in [-0.1, -0.05) is 30.3 Å². The monoisotopic (exact) mass is 338 g/mol. The summed E-state index contributed by atoms with van der Waals surface area (Å²) in [4.78, 5) is 0. The lowest BCUT2D eigenvalue weighted by molar-refractivity contribution is 0.0463. The maximum Gasteiger partial charge on any atom is 0.137 e. The minimum absolute atomic E-state index is 0.195. The molecule has 130 valence electrons. The van der Waals surface area contributed by atoms with Gasteiger partial charge in [-0.2, -0.15) is 0 Å². The molecular weight excluding hydrogens is 316 g/mol. The lowest BCUT2D eigenvalue weighted by atomic mass is 9.85. The van der Waals surface area contributed by atoms with Gasteiger partial charge in [0.05, 0.1) is 25.0 Å². The average molecular weight is 338 g/mol. The second-order valence-electron chi connectivity index (χ2n) is 6.98. The molecule has 25 heavy (non-hydrogen) atoms. The van der Waals surface area contributed by atoms with Crippen LogP contribution < -0.4 is 9.47 Å². The van der Waals surface area contributed by atoms with Gasteiger partial charge in [0.2, 0.25) is 0 Å². The van der Waals surface area contributed by atoms with Crippen molar-refractivity contribution in [1.29, 1.82) is 0 Å². The Labute approximate surface area is 147 Å². The van der Waals surface area contributed by atoms with Gasteiger partial charge in [-0.3, -0.25) is 0 Å². The molecule has 2 aromatic rings. The highest BCUT2D eigenvalue weighted by Gasteiger charge is 2.37. The van der Waals surface area contributed by atoms with E-state index in [4.69, 9.17) is 14.2 Å². The Hall–Kier alpha value is -2.46. The third-order valence-electron chi connectivity index (χ3n) is 4.99. The summed E-state index contributed by atoms with van der Waals surface area (Å²) >= 11 is 0. The lowest BCUT2D eigenvalue weighted by Gasteiger charge is -2.37. The van der Waals surface area contributed by atoms with Crippen molar-refractivity contribution in [1.82, 2.24) is 0 Å². The normalized spacial score (nSPS) is 23.0. The molecule has 0 radical (unpaired) electrons. The first kappa shape index (κ1) is 16.0. The summed E-state index contributed by atoms with van der Waals surface area (Å²) in [7, 11) is 1.62. The van der Waals surface area contributed by atoms with Gasteiger partial charge in [0.25, 0.3) is 0 Å². The van der Waals surface area contributed by atoms with Crippen LogP contribution in [0.3, 0.4) is 0 Å². The van der Waals surface area contributed by atoms with Crippen molar-refractivity contribution in [3.05, 3.63) is 64.9 Å². The molecule has 0 saturated carbocycles. The highest BCUT2D eigenvalue weighted by atomic mass is 16.5. The van der Waals surface area contributed by atoms with E-state index in [9.17, 15) is 5.11 Å². The van der Waals surface area contributed by atoms with Crippen LogP contribution in [-0.4, -0.2) is 12.2 Å². The first-order chi connectivity index (χ1) is 12.0. The van der Waals surface area contributed by atoms with Gasteiger partial charge in [0.15, 0.2) is 0 Å². The third-order valence-corrected chi connectivity index (χ3v) is 4.99. The number of aliphatic hydroxyl groups excluding tert-OH is 1. The molecule has 0 bridgehead atoms. The predicted octanol–water partition coefficient (Wildman–Crippen LogP) is 4.49. The molecule has 4 rings (SSSR count). The van der Waals surface area contributed by atoms with Crippen LogP contribution in [0.5, 0.6) is 11.5 Å². The SMILES string of the molecule is COc1cc2c(c3c1[C@@H](O)C[C@@H](c1ccccc1)O3)C=COC2(C)C. The molecule has 2 aliphatic rings. The number of hydrogen-bond acceptors (Lipinski definition) is 4.